The van der Waals surface area contributed by atoms with Crippen LogP contribution in [-0.4, -0.2) is 17.0 Å². The molecule has 0 amide bonds. The highest BCUT2D eigenvalue weighted by molar-refractivity contribution is 9.11. The molecule has 7 nitrogen and oxygen atoms in total. The van der Waals surface area contributed by atoms with Crippen LogP contribution in [0.3, 0.4) is 0 Å². The second kappa shape index (κ2) is 6.27. The average molecular weight is 419 g/mol. The van der Waals surface area contributed by atoms with Crippen LogP contribution >= 0.6 is 31.9 Å². The van der Waals surface area contributed by atoms with E-state index in [-0.39, 0.29) is 17.4 Å². The van der Waals surface area contributed by atoms with Gasteiger partial charge in [-0.1, -0.05) is 0 Å². The van der Waals surface area contributed by atoms with Crippen LogP contribution in [-0.2, 0) is 0 Å². The Kier molecular flexibility index (Phi) is 4.63. The molecule has 1 aromatic heterocycles. The monoisotopic (exact) mass is 417 g/mol. The first-order valence-corrected chi connectivity index (χ1v) is 7.12. The van der Waals surface area contributed by atoms with Crippen molar-refractivity contribution in [3.63, 3.8) is 0 Å². The summed E-state index contributed by atoms with van der Waals surface area (Å²) in [6.07, 6.45) is 0. The van der Waals surface area contributed by atoms with E-state index in [4.69, 9.17) is 15.2 Å². The zero-order chi connectivity index (χ0) is 15.6. The molecule has 0 saturated heterocycles. The lowest BCUT2D eigenvalue weighted by molar-refractivity contribution is -0.386. The number of anilines is 1. The lowest BCUT2D eigenvalue weighted by Gasteiger charge is -2.10. The Morgan fingerprint density at radius 2 is 1.86 bits per heavy atom. The molecular formula is C12H9Br2N3O4. The number of benzene rings is 1. The molecular weight excluding hydrogens is 410 g/mol. The van der Waals surface area contributed by atoms with Crippen LogP contribution in [0.2, 0.25) is 0 Å². The second-order valence-corrected chi connectivity index (χ2v) is 5.55. The molecule has 2 N–H and O–H groups in total. The fraction of sp³-hybridized carbons (Fsp3) is 0.0833. The fourth-order valence-corrected chi connectivity index (χ4v) is 2.40. The predicted molar refractivity (Wildman–Crippen MR) is 83.8 cm³/mol. The third kappa shape index (κ3) is 3.42. The number of nitrogens with zero attached hydrogens (tertiary/aromatic N) is 2. The van der Waals surface area contributed by atoms with Crippen molar-refractivity contribution in [2.24, 2.45) is 0 Å². The zero-order valence-corrected chi connectivity index (χ0v) is 13.8. The molecule has 0 aliphatic heterocycles. The van der Waals surface area contributed by atoms with Gasteiger partial charge in [0.05, 0.1) is 21.0 Å². The first-order valence-electron chi connectivity index (χ1n) is 5.54. The molecule has 110 valence electrons. The van der Waals surface area contributed by atoms with Gasteiger partial charge in [0.25, 0.3) is 0 Å². The van der Waals surface area contributed by atoms with E-state index in [1.165, 1.54) is 19.2 Å². The second-order valence-electron chi connectivity index (χ2n) is 3.84. The Morgan fingerprint density at radius 1 is 1.24 bits per heavy atom. The number of nitrogen functional groups attached to an aromatic ring is 1. The van der Waals surface area contributed by atoms with Gasteiger partial charge in [0, 0.05) is 6.07 Å². The predicted octanol–water partition coefficient (Wildman–Crippen LogP) is 3.90. The Morgan fingerprint density at radius 3 is 2.48 bits per heavy atom. The number of pyridine rings is 1. The summed E-state index contributed by atoms with van der Waals surface area (Å²) in [5, 5.41) is 11.0. The molecule has 0 aliphatic rings. The quantitative estimate of drug-likeness (QED) is 0.596. The summed E-state index contributed by atoms with van der Waals surface area (Å²) in [4.78, 5) is 14.2. The maximum Gasteiger partial charge on any atom is 0.331 e. The molecule has 0 aliphatic carbocycles. The normalized spacial score (nSPS) is 10.2. The summed E-state index contributed by atoms with van der Waals surface area (Å²) in [7, 11) is 1.53. The van der Waals surface area contributed by atoms with E-state index in [2.05, 4.69) is 36.8 Å². The van der Waals surface area contributed by atoms with Gasteiger partial charge in [-0.15, -0.1) is 0 Å². The first kappa shape index (κ1) is 15.5. The molecule has 2 rings (SSSR count). The van der Waals surface area contributed by atoms with Gasteiger partial charge in [0.2, 0.25) is 0 Å². The highest BCUT2D eigenvalue weighted by Gasteiger charge is 2.19. The summed E-state index contributed by atoms with van der Waals surface area (Å²) >= 11 is 6.62. The lowest BCUT2D eigenvalue weighted by Crippen LogP contribution is -1.99. The number of ether oxygens (including phenoxy) is 2. The van der Waals surface area contributed by atoms with Crippen LogP contribution in [0.15, 0.2) is 33.2 Å². The summed E-state index contributed by atoms with van der Waals surface area (Å²) < 4.78 is 11.8. The van der Waals surface area contributed by atoms with E-state index in [0.29, 0.717) is 20.4 Å². The standard InChI is InChI=1S/C12H9Br2N3O4/c1-20-9-4-7(14)10(5-6(9)13)21-12-8(17(18)19)2-3-11(15)16-12/h2-5H,1H3,(H2,15,16). The van der Waals surface area contributed by atoms with Crippen molar-refractivity contribution in [2.45, 2.75) is 0 Å². The minimum absolute atomic E-state index is 0.124. The highest BCUT2D eigenvalue weighted by Crippen LogP contribution is 2.39. The van der Waals surface area contributed by atoms with Gasteiger partial charge in [-0.25, -0.2) is 0 Å². The van der Waals surface area contributed by atoms with E-state index < -0.39 is 4.92 Å². The average Bonchev–Trinajstić information content (AvgIpc) is 2.42. The van der Waals surface area contributed by atoms with Crippen LogP contribution in [0.4, 0.5) is 11.5 Å². The van der Waals surface area contributed by atoms with Gasteiger partial charge in [0.1, 0.15) is 17.3 Å². The molecule has 0 radical (unpaired) electrons. The fourth-order valence-electron chi connectivity index (χ4n) is 1.51. The Bertz CT molecular complexity index is 709. The van der Waals surface area contributed by atoms with E-state index in [1.54, 1.807) is 12.1 Å². The SMILES string of the molecule is COc1cc(Br)c(Oc2nc(N)ccc2[N+](=O)[O-])cc1Br. The minimum Gasteiger partial charge on any atom is -0.496 e. The van der Waals surface area contributed by atoms with Crippen molar-refractivity contribution >= 4 is 43.4 Å². The van der Waals surface area contributed by atoms with Crippen molar-refractivity contribution < 1.29 is 14.4 Å². The molecule has 1 aromatic carbocycles. The zero-order valence-electron chi connectivity index (χ0n) is 10.7. The first-order chi connectivity index (χ1) is 9.92. The summed E-state index contributed by atoms with van der Waals surface area (Å²) in [5.41, 5.74) is 5.27. The van der Waals surface area contributed by atoms with Crippen LogP contribution in [0.5, 0.6) is 17.4 Å². The van der Waals surface area contributed by atoms with Gasteiger partial charge >= 0.3 is 11.6 Å². The van der Waals surface area contributed by atoms with Gasteiger partial charge in [0.15, 0.2) is 0 Å². The highest BCUT2D eigenvalue weighted by atomic mass is 79.9. The van der Waals surface area contributed by atoms with Crippen LogP contribution < -0.4 is 15.2 Å². The minimum atomic E-state index is -0.589. The van der Waals surface area contributed by atoms with Crippen molar-refractivity contribution in [3.05, 3.63) is 43.3 Å². The summed E-state index contributed by atoms with van der Waals surface area (Å²) in [6, 6.07) is 5.85. The third-order valence-electron chi connectivity index (χ3n) is 2.47. The van der Waals surface area contributed by atoms with E-state index >= 15 is 0 Å². The number of nitrogens with two attached hydrogens (primary N) is 1. The number of nitro groups is 1. The lowest BCUT2D eigenvalue weighted by atomic mass is 10.3. The molecule has 21 heavy (non-hydrogen) atoms. The molecule has 0 saturated carbocycles. The summed E-state index contributed by atoms with van der Waals surface area (Å²) in [6.45, 7) is 0. The number of hydrogen-bond acceptors (Lipinski definition) is 6. The number of halogens is 2. The van der Waals surface area contributed by atoms with Crippen LogP contribution in [0.25, 0.3) is 0 Å². The number of hydrogen-bond donors (Lipinski definition) is 1. The van der Waals surface area contributed by atoms with Crippen molar-refractivity contribution in [3.8, 4) is 17.4 Å². The molecule has 0 fully saturated rings. The largest absolute Gasteiger partial charge is 0.496 e. The van der Waals surface area contributed by atoms with E-state index in [1.807, 2.05) is 0 Å². The smallest absolute Gasteiger partial charge is 0.331 e. The Labute approximate surface area is 136 Å². The Hall–Kier alpha value is -1.87. The molecule has 9 heteroatoms. The van der Waals surface area contributed by atoms with Gasteiger partial charge in [-0.05, 0) is 50.1 Å². The van der Waals surface area contributed by atoms with Gasteiger partial charge in [-0.2, -0.15) is 4.98 Å². The van der Waals surface area contributed by atoms with Gasteiger partial charge < -0.3 is 15.2 Å². The molecule has 0 bridgehead atoms. The van der Waals surface area contributed by atoms with Gasteiger partial charge in [-0.3, -0.25) is 10.1 Å². The maximum absolute atomic E-state index is 11.0. The topological polar surface area (TPSA) is 101 Å². The molecule has 0 unspecified atom stereocenters. The number of aromatic nitrogens is 1. The molecule has 0 atom stereocenters. The maximum atomic E-state index is 11.0. The molecule has 1 heterocycles. The van der Waals surface area contributed by atoms with Crippen LogP contribution in [0, 0.1) is 10.1 Å². The third-order valence-corrected chi connectivity index (χ3v) is 3.71. The van der Waals surface area contributed by atoms with Crippen molar-refractivity contribution in [1.29, 1.82) is 0 Å². The van der Waals surface area contributed by atoms with Crippen LogP contribution in [0.1, 0.15) is 0 Å². The summed E-state index contributed by atoms with van der Waals surface area (Å²) in [5.74, 6) is 0.866. The number of rotatable bonds is 4. The van der Waals surface area contributed by atoms with E-state index in [0.717, 1.165) is 0 Å². The molecule has 2 aromatic rings. The Balaban J connectivity index is 2.45. The molecule has 0 spiro atoms. The number of methoxy groups -OCH3 is 1. The van der Waals surface area contributed by atoms with Crippen molar-refractivity contribution in [1.82, 2.24) is 4.98 Å². The van der Waals surface area contributed by atoms with Crippen molar-refractivity contribution in [2.75, 3.05) is 12.8 Å². The van der Waals surface area contributed by atoms with E-state index in [9.17, 15) is 10.1 Å².